The van der Waals surface area contributed by atoms with Gasteiger partial charge < -0.3 is 25.3 Å². The van der Waals surface area contributed by atoms with Crippen LogP contribution in [0.3, 0.4) is 0 Å². The molecular formula is C26H33F2N5O4. The molecule has 0 bridgehead atoms. The van der Waals surface area contributed by atoms with E-state index in [0.717, 1.165) is 12.8 Å². The number of nitrogens with zero attached hydrogens (tertiary/aromatic N) is 2. The first-order valence-electron chi connectivity index (χ1n) is 12.5. The van der Waals surface area contributed by atoms with Gasteiger partial charge in [0.15, 0.2) is 17.4 Å². The average Bonchev–Trinajstić information content (AvgIpc) is 3.56. The van der Waals surface area contributed by atoms with E-state index in [1.165, 1.54) is 17.0 Å². The summed E-state index contributed by atoms with van der Waals surface area (Å²) in [7, 11) is 0. The largest absolute Gasteiger partial charge is 0.455 e. The van der Waals surface area contributed by atoms with Crippen molar-refractivity contribution in [3.05, 3.63) is 53.0 Å². The molecule has 1 aromatic carbocycles. The normalized spacial score (nSPS) is 16.4. The number of piperazine rings is 1. The van der Waals surface area contributed by atoms with Crippen LogP contribution in [0.1, 0.15) is 60.3 Å². The van der Waals surface area contributed by atoms with E-state index < -0.39 is 23.6 Å². The molecule has 200 valence electrons. The zero-order chi connectivity index (χ0) is 26.7. The quantitative estimate of drug-likeness (QED) is 0.521. The second-order valence-corrected chi connectivity index (χ2v) is 10.6. The van der Waals surface area contributed by atoms with E-state index in [2.05, 4.69) is 20.9 Å². The van der Waals surface area contributed by atoms with Crippen LogP contribution in [0.2, 0.25) is 0 Å². The lowest BCUT2D eigenvalue weighted by molar-refractivity contribution is 0.0612. The van der Waals surface area contributed by atoms with Gasteiger partial charge in [0.05, 0.1) is 17.8 Å². The number of nitrogens with one attached hydrogen (secondary N) is 3. The highest BCUT2D eigenvalue weighted by molar-refractivity contribution is 5.96. The number of carbonyl (C=O) groups is 3. The Balaban J connectivity index is 1.29. The van der Waals surface area contributed by atoms with Crippen LogP contribution < -0.4 is 16.0 Å². The van der Waals surface area contributed by atoms with E-state index >= 15 is 0 Å². The Bertz CT molecular complexity index is 1160. The Labute approximate surface area is 214 Å². The molecule has 0 radical (unpaired) electrons. The van der Waals surface area contributed by atoms with Gasteiger partial charge in [-0.15, -0.1) is 0 Å². The number of urea groups is 1. The highest BCUT2D eigenvalue weighted by atomic mass is 19.2. The lowest BCUT2D eigenvalue weighted by Gasteiger charge is -2.34. The Morgan fingerprint density at radius 2 is 1.70 bits per heavy atom. The Hall–Kier alpha value is -3.47. The number of benzene rings is 1. The topological polar surface area (TPSA) is 107 Å². The summed E-state index contributed by atoms with van der Waals surface area (Å²) < 4.78 is 35.0. The summed E-state index contributed by atoms with van der Waals surface area (Å²) in [5.74, 6) is -2.15. The number of halogens is 2. The predicted octanol–water partition coefficient (Wildman–Crippen LogP) is 3.58. The fourth-order valence-corrected chi connectivity index (χ4v) is 4.02. The van der Waals surface area contributed by atoms with E-state index in [9.17, 15) is 23.2 Å². The van der Waals surface area contributed by atoms with Crippen LogP contribution in [0, 0.1) is 17.6 Å². The molecule has 2 heterocycles. The Morgan fingerprint density at radius 3 is 2.35 bits per heavy atom. The Kier molecular flexibility index (Phi) is 7.82. The highest BCUT2D eigenvalue weighted by Crippen LogP contribution is 2.28. The average molecular weight is 518 g/mol. The summed E-state index contributed by atoms with van der Waals surface area (Å²) in [6.07, 6.45) is 2.10. The summed E-state index contributed by atoms with van der Waals surface area (Å²) in [6, 6.07) is 5.15. The van der Waals surface area contributed by atoms with Crippen molar-refractivity contribution in [1.82, 2.24) is 20.4 Å². The van der Waals surface area contributed by atoms with E-state index in [4.69, 9.17) is 4.42 Å². The second-order valence-electron chi connectivity index (χ2n) is 10.6. The van der Waals surface area contributed by atoms with Crippen molar-refractivity contribution in [2.45, 2.75) is 45.7 Å². The third-order valence-electron chi connectivity index (χ3n) is 6.22. The fraction of sp³-hybridized carbons (Fsp3) is 0.500. The molecule has 0 atom stereocenters. The summed E-state index contributed by atoms with van der Waals surface area (Å²) >= 11 is 0. The van der Waals surface area contributed by atoms with Crippen molar-refractivity contribution in [2.24, 2.45) is 5.92 Å². The van der Waals surface area contributed by atoms with Gasteiger partial charge in [-0.3, -0.25) is 14.5 Å². The van der Waals surface area contributed by atoms with Crippen LogP contribution in [0.5, 0.6) is 0 Å². The minimum absolute atomic E-state index is 0.231. The molecule has 2 fully saturated rings. The molecule has 9 nitrogen and oxygen atoms in total. The predicted molar refractivity (Wildman–Crippen MR) is 133 cm³/mol. The maximum Gasteiger partial charge on any atom is 0.319 e. The van der Waals surface area contributed by atoms with Crippen molar-refractivity contribution in [3.63, 3.8) is 0 Å². The van der Waals surface area contributed by atoms with Crippen LogP contribution in [-0.2, 0) is 6.54 Å². The zero-order valence-corrected chi connectivity index (χ0v) is 21.3. The third-order valence-corrected chi connectivity index (χ3v) is 6.22. The summed E-state index contributed by atoms with van der Waals surface area (Å²) in [5.41, 5.74) is -1.08. The van der Waals surface area contributed by atoms with Crippen LogP contribution in [0.4, 0.5) is 19.3 Å². The van der Waals surface area contributed by atoms with E-state index in [-0.39, 0.29) is 28.5 Å². The number of amides is 4. The van der Waals surface area contributed by atoms with Gasteiger partial charge in [0.2, 0.25) is 0 Å². The molecule has 4 amide bonds. The van der Waals surface area contributed by atoms with Crippen molar-refractivity contribution in [2.75, 3.05) is 38.0 Å². The lowest BCUT2D eigenvalue weighted by Crippen LogP contribution is -2.48. The minimum Gasteiger partial charge on any atom is -0.455 e. The van der Waals surface area contributed by atoms with Gasteiger partial charge in [-0.2, -0.15) is 0 Å². The van der Waals surface area contributed by atoms with Crippen LogP contribution in [0.15, 0.2) is 28.7 Å². The number of rotatable bonds is 7. The molecule has 1 aromatic heterocycles. The smallest absolute Gasteiger partial charge is 0.319 e. The molecule has 2 aliphatic rings. The van der Waals surface area contributed by atoms with Gasteiger partial charge >= 0.3 is 6.03 Å². The second kappa shape index (κ2) is 10.9. The minimum atomic E-state index is -1.29. The maximum atomic E-state index is 14.7. The molecule has 3 N–H and O–H groups in total. The molecule has 1 aliphatic heterocycles. The molecule has 1 aliphatic carbocycles. The standard InChI is InChI=1S/C26H33F2N5O4/c1-26(2,3)31-23(34)20-9-6-17(37-20)15-32-10-12-33(13-11-32)24(35)18-7-8-19(22(28)21(18)27)30-25(36)29-14-16-4-5-16/h6-9,16H,4-5,10-15H2,1-3H3,(H,31,34)(H2,29,30,36). The van der Waals surface area contributed by atoms with Gasteiger partial charge in [0.25, 0.3) is 11.8 Å². The monoisotopic (exact) mass is 517 g/mol. The lowest BCUT2D eigenvalue weighted by atomic mass is 10.1. The van der Waals surface area contributed by atoms with Crippen LogP contribution in [0.25, 0.3) is 0 Å². The molecule has 2 aromatic rings. The number of anilines is 1. The highest BCUT2D eigenvalue weighted by Gasteiger charge is 2.28. The number of furan rings is 1. The van der Waals surface area contributed by atoms with Gasteiger partial charge in [-0.05, 0) is 63.8 Å². The van der Waals surface area contributed by atoms with Crippen LogP contribution >= 0.6 is 0 Å². The molecule has 0 unspecified atom stereocenters. The van der Waals surface area contributed by atoms with Gasteiger partial charge in [-0.1, -0.05) is 0 Å². The van der Waals surface area contributed by atoms with Gasteiger partial charge in [-0.25, -0.2) is 13.6 Å². The molecule has 11 heteroatoms. The summed E-state index contributed by atoms with van der Waals surface area (Å²) in [6.45, 7) is 8.25. The van der Waals surface area contributed by atoms with Crippen molar-refractivity contribution >= 4 is 23.5 Å². The number of carbonyl (C=O) groups excluding carboxylic acids is 3. The molecule has 37 heavy (non-hydrogen) atoms. The summed E-state index contributed by atoms with van der Waals surface area (Å²) in [4.78, 5) is 40.6. The Morgan fingerprint density at radius 1 is 1.00 bits per heavy atom. The van der Waals surface area contributed by atoms with Crippen LogP contribution in [-0.4, -0.2) is 65.9 Å². The molecule has 4 rings (SSSR count). The SMILES string of the molecule is CC(C)(C)NC(=O)c1ccc(CN2CCN(C(=O)c3ccc(NC(=O)NCC4CC4)c(F)c3F)CC2)o1. The molecular weight excluding hydrogens is 484 g/mol. The fourth-order valence-electron chi connectivity index (χ4n) is 4.02. The van der Waals surface area contributed by atoms with Crippen molar-refractivity contribution < 1.29 is 27.6 Å². The zero-order valence-electron chi connectivity index (χ0n) is 21.3. The number of hydrogen-bond acceptors (Lipinski definition) is 5. The van der Waals surface area contributed by atoms with Crippen molar-refractivity contribution in [3.8, 4) is 0 Å². The maximum absolute atomic E-state index is 14.7. The number of hydrogen-bond donors (Lipinski definition) is 3. The van der Waals surface area contributed by atoms with Gasteiger partial charge in [0, 0.05) is 38.3 Å². The van der Waals surface area contributed by atoms with E-state index in [1.54, 1.807) is 12.1 Å². The molecule has 1 saturated heterocycles. The molecule has 1 saturated carbocycles. The first-order valence-corrected chi connectivity index (χ1v) is 12.5. The third kappa shape index (κ3) is 7.06. The first-order chi connectivity index (χ1) is 17.5. The molecule has 0 spiro atoms. The van der Waals surface area contributed by atoms with E-state index in [0.29, 0.717) is 50.9 Å². The first kappa shape index (κ1) is 26.6. The van der Waals surface area contributed by atoms with E-state index in [1.807, 2.05) is 20.8 Å². The van der Waals surface area contributed by atoms with Crippen molar-refractivity contribution in [1.29, 1.82) is 0 Å². The van der Waals surface area contributed by atoms with Gasteiger partial charge in [0.1, 0.15) is 5.76 Å². The summed E-state index contributed by atoms with van der Waals surface area (Å²) in [5, 5.41) is 7.77.